The number of carbonyl (C=O) groups is 1. The fraction of sp³-hybridized carbons (Fsp3) is 0.444. The molecule has 0 atom stereocenters. The lowest BCUT2D eigenvalue weighted by Crippen LogP contribution is -2.15. The van der Waals surface area contributed by atoms with Crippen LogP contribution in [-0.2, 0) is 17.9 Å². The standard InChI is InChI=1S/C9H12N2O3/c1-13-8-6(9(10)12)4-11-2-3-14-5-7(8)11/h4H,2-3,5H2,1H3,(H2,10,12). The summed E-state index contributed by atoms with van der Waals surface area (Å²) in [4.78, 5) is 11.1. The average molecular weight is 196 g/mol. The van der Waals surface area contributed by atoms with E-state index in [0.717, 1.165) is 12.2 Å². The van der Waals surface area contributed by atoms with Gasteiger partial charge in [-0.25, -0.2) is 0 Å². The Kier molecular flexibility index (Phi) is 2.17. The van der Waals surface area contributed by atoms with Crippen molar-refractivity contribution in [3.8, 4) is 5.75 Å². The zero-order valence-electron chi connectivity index (χ0n) is 7.95. The summed E-state index contributed by atoms with van der Waals surface area (Å²) in [6.45, 7) is 1.86. The second-order valence-electron chi connectivity index (χ2n) is 3.13. The van der Waals surface area contributed by atoms with Crippen LogP contribution in [0.1, 0.15) is 16.1 Å². The second kappa shape index (κ2) is 3.34. The van der Waals surface area contributed by atoms with Gasteiger partial charge in [-0.15, -0.1) is 0 Å². The van der Waals surface area contributed by atoms with E-state index in [2.05, 4.69) is 0 Å². The van der Waals surface area contributed by atoms with E-state index in [4.69, 9.17) is 15.2 Å². The van der Waals surface area contributed by atoms with Crippen LogP contribution in [-0.4, -0.2) is 24.2 Å². The van der Waals surface area contributed by atoms with E-state index in [1.54, 1.807) is 6.20 Å². The largest absolute Gasteiger partial charge is 0.494 e. The normalized spacial score (nSPS) is 14.9. The third kappa shape index (κ3) is 1.26. The molecular weight excluding hydrogens is 184 g/mol. The molecule has 5 nitrogen and oxygen atoms in total. The SMILES string of the molecule is COc1c(C(N)=O)cn2c1COCC2. The van der Waals surface area contributed by atoms with Gasteiger partial charge in [-0.2, -0.15) is 0 Å². The van der Waals surface area contributed by atoms with E-state index in [1.165, 1.54) is 7.11 Å². The number of fused-ring (bicyclic) bond motifs is 1. The Balaban J connectivity index is 2.51. The van der Waals surface area contributed by atoms with Crippen LogP contribution in [0.25, 0.3) is 0 Å². The van der Waals surface area contributed by atoms with Crippen molar-refractivity contribution >= 4 is 5.91 Å². The van der Waals surface area contributed by atoms with Gasteiger partial charge in [0.15, 0.2) is 5.75 Å². The molecule has 76 valence electrons. The number of ether oxygens (including phenoxy) is 2. The first-order valence-electron chi connectivity index (χ1n) is 4.37. The molecule has 1 aliphatic rings. The highest BCUT2D eigenvalue weighted by Gasteiger charge is 2.22. The van der Waals surface area contributed by atoms with Gasteiger partial charge >= 0.3 is 0 Å². The lowest BCUT2D eigenvalue weighted by atomic mass is 10.2. The fourth-order valence-electron chi connectivity index (χ4n) is 1.66. The average Bonchev–Trinajstić information content (AvgIpc) is 2.56. The fourth-order valence-corrected chi connectivity index (χ4v) is 1.66. The number of carbonyl (C=O) groups excluding carboxylic acids is 1. The van der Waals surface area contributed by atoms with Crippen molar-refractivity contribution < 1.29 is 14.3 Å². The summed E-state index contributed by atoms with van der Waals surface area (Å²) in [5, 5.41) is 0. The summed E-state index contributed by atoms with van der Waals surface area (Å²) in [6, 6.07) is 0. The molecule has 0 spiro atoms. The number of aromatic nitrogens is 1. The maximum atomic E-state index is 11.1. The molecule has 2 N–H and O–H groups in total. The van der Waals surface area contributed by atoms with E-state index < -0.39 is 5.91 Å². The first-order chi connectivity index (χ1) is 6.74. The third-order valence-corrected chi connectivity index (χ3v) is 2.32. The molecule has 5 heteroatoms. The molecular formula is C9H12N2O3. The molecule has 0 fully saturated rings. The summed E-state index contributed by atoms with van der Waals surface area (Å²) in [6.07, 6.45) is 1.72. The molecule has 0 radical (unpaired) electrons. The quantitative estimate of drug-likeness (QED) is 0.730. The molecule has 1 aromatic heterocycles. The Morgan fingerprint density at radius 3 is 3.14 bits per heavy atom. The minimum atomic E-state index is -0.469. The van der Waals surface area contributed by atoms with Gasteiger partial charge in [-0.3, -0.25) is 4.79 Å². The molecule has 0 bridgehead atoms. The Morgan fingerprint density at radius 1 is 1.71 bits per heavy atom. The molecule has 14 heavy (non-hydrogen) atoms. The van der Waals surface area contributed by atoms with Crippen molar-refractivity contribution in [2.45, 2.75) is 13.2 Å². The number of hydrogen-bond acceptors (Lipinski definition) is 3. The summed E-state index contributed by atoms with van der Waals surface area (Å²) >= 11 is 0. The molecule has 0 aliphatic carbocycles. The van der Waals surface area contributed by atoms with Crippen molar-refractivity contribution in [2.75, 3.05) is 13.7 Å². The first kappa shape index (κ1) is 9.08. The van der Waals surface area contributed by atoms with Crippen LogP contribution in [0.3, 0.4) is 0 Å². The van der Waals surface area contributed by atoms with Crippen molar-refractivity contribution in [1.29, 1.82) is 0 Å². The summed E-state index contributed by atoms with van der Waals surface area (Å²) in [5.41, 5.74) is 6.54. The molecule has 0 aromatic carbocycles. The van der Waals surface area contributed by atoms with E-state index >= 15 is 0 Å². The van der Waals surface area contributed by atoms with E-state index in [0.29, 0.717) is 24.5 Å². The molecule has 0 saturated heterocycles. The van der Waals surface area contributed by atoms with Crippen LogP contribution < -0.4 is 10.5 Å². The maximum absolute atomic E-state index is 11.1. The Bertz CT molecular complexity index is 370. The van der Waals surface area contributed by atoms with Gasteiger partial charge < -0.3 is 19.8 Å². The number of amides is 1. The molecule has 1 aromatic rings. The summed E-state index contributed by atoms with van der Waals surface area (Å²) < 4.78 is 12.4. The molecule has 1 aliphatic heterocycles. The summed E-state index contributed by atoms with van der Waals surface area (Å²) in [7, 11) is 1.53. The van der Waals surface area contributed by atoms with Crippen LogP contribution in [0.5, 0.6) is 5.75 Å². The smallest absolute Gasteiger partial charge is 0.254 e. The van der Waals surface area contributed by atoms with Gasteiger partial charge in [0.1, 0.15) is 0 Å². The van der Waals surface area contributed by atoms with Crippen LogP contribution >= 0.6 is 0 Å². The Hall–Kier alpha value is -1.49. The van der Waals surface area contributed by atoms with Gasteiger partial charge in [0.25, 0.3) is 5.91 Å². The summed E-state index contributed by atoms with van der Waals surface area (Å²) in [5.74, 6) is 0.0703. The van der Waals surface area contributed by atoms with Crippen molar-refractivity contribution in [2.24, 2.45) is 5.73 Å². The lowest BCUT2D eigenvalue weighted by molar-refractivity contribution is 0.0828. The molecule has 0 saturated carbocycles. The van der Waals surface area contributed by atoms with Crippen LogP contribution in [0.4, 0.5) is 0 Å². The highest BCUT2D eigenvalue weighted by atomic mass is 16.5. The highest BCUT2D eigenvalue weighted by Crippen LogP contribution is 2.28. The van der Waals surface area contributed by atoms with Gasteiger partial charge in [0.2, 0.25) is 0 Å². The monoisotopic (exact) mass is 196 g/mol. The Labute approximate surface area is 81.4 Å². The molecule has 2 heterocycles. The van der Waals surface area contributed by atoms with Gasteiger partial charge in [0.05, 0.1) is 31.6 Å². The highest BCUT2D eigenvalue weighted by molar-refractivity contribution is 5.96. The topological polar surface area (TPSA) is 66.5 Å². The van der Waals surface area contributed by atoms with Crippen molar-refractivity contribution in [3.05, 3.63) is 17.5 Å². The predicted molar refractivity (Wildman–Crippen MR) is 49.2 cm³/mol. The van der Waals surface area contributed by atoms with Gasteiger partial charge in [-0.05, 0) is 0 Å². The van der Waals surface area contributed by atoms with E-state index in [1.807, 2.05) is 4.57 Å². The zero-order chi connectivity index (χ0) is 10.1. The molecule has 2 rings (SSSR count). The van der Waals surface area contributed by atoms with Crippen LogP contribution in [0.15, 0.2) is 6.20 Å². The number of methoxy groups -OCH3 is 1. The van der Waals surface area contributed by atoms with Crippen molar-refractivity contribution in [3.63, 3.8) is 0 Å². The zero-order valence-corrected chi connectivity index (χ0v) is 7.95. The number of primary amides is 1. The minimum absolute atomic E-state index is 0.424. The number of nitrogens with zero attached hydrogens (tertiary/aromatic N) is 1. The molecule has 1 amide bonds. The third-order valence-electron chi connectivity index (χ3n) is 2.32. The predicted octanol–water partition coefficient (Wildman–Crippen LogP) is 0.126. The van der Waals surface area contributed by atoms with Crippen LogP contribution in [0.2, 0.25) is 0 Å². The van der Waals surface area contributed by atoms with E-state index in [9.17, 15) is 4.79 Å². The first-order valence-corrected chi connectivity index (χ1v) is 4.37. The number of hydrogen-bond donors (Lipinski definition) is 1. The lowest BCUT2D eigenvalue weighted by Gasteiger charge is -2.16. The van der Waals surface area contributed by atoms with Gasteiger partial charge in [0, 0.05) is 12.7 Å². The Morgan fingerprint density at radius 2 is 2.50 bits per heavy atom. The minimum Gasteiger partial charge on any atom is -0.494 e. The van der Waals surface area contributed by atoms with Crippen molar-refractivity contribution in [1.82, 2.24) is 4.57 Å². The number of nitrogens with two attached hydrogens (primary N) is 1. The molecule has 0 unspecified atom stereocenters. The van der Waals surface area contributed by atoms with E-state index in [-0.39, 0.29) is 0 Å². The maximum Gasteiger partial charge on any atom is 0.254 e. The van der Waals surface area contributed by atoms with Gasteiger partial charge in [-0.1, -0.05) is 0 Å². The number of rotatable bonds is 2. The second-order valence-corrected chi connectivity index (χ2v) is 3.13. The van der Waals surface area contributed by atoms with Crippen LogP contribution in [0, 0.1) is 0 Å².